The molecule has 0 unspecified atom stereocenters. The third-order valence-corrected chi connectivity index (χ3v) is 5.60. The number of aliphatic hydroxyl groups excluding tert-OH is 1. The van der Waals surface area contributed by atoms with Crippen LogP contribution in [-0.4, -0.2) is 77.2 Å². The van der Waals surface area contributed by atoms with E-state index in [0.717, 1.165) is 16.5 Å². The molecule has 3 rings (SSSR count). The third-order valence-electron chi connectivity index (χ3n) is 5.60. The molecular weight excluding hydrogens is 442 g/mol. The molecule has 0 saturated heterocycles. The zero-order valence-corrected chi connectivity index (χ0v) is 19.9. The number of carbonyl (C=O) groups is 1. The van der Waals surface area contributed by atoms with Crippen LogP contribution in [0.15, 0.2) is 46.8 Å². The van der Waals surface area contributed by atoms with Crippen molar-refractivity contribution in [3.05, 3.63) is 47.9 Å². The lowest BCUT2D eigenvalue weighted by Gasteiger charge is -2.36. The number of rotatable bonds is 15. The van der Waals surface area contributed by atoms with Crippen molar-refractivity contribution in [3.63, 3.8) is 0 Å². The Labute approximate surface area is 199 Å². The number of allylic oxidation sites excluding steroid dienone is 1. The highest BCUT2D eigenvalue weighted by Crippen LogP contribution is 2.41. The highest BCUT2D eigenvalue weighted by Gasteiger charge is 2.39. The Hall–Kier alpha value is -2.43. The second-order valence-corrected chi connectivity index (χ2v) is 7.84. The molecule has 0 saturated carbocycles. The van der Waals surface area contributed by atoms with Gasteiger partial charge in [-0.3, -0.25) is 4.79 Å². The topological polar surface area (TPSA) is 109 Å². The fourth-order valence-corrected chi connectivity index (χ4v) is 4.01. The molecule has 1 aromatic heterocycles. The molecule has 0 aliphatic carbocycles. The number of para-hydroxylation sites is 1. The Morgan fingerprint density at radius 1 is 1.12 bits per heavy atom. The minimum Gasteiger partial charge on any atom is -0.464 e. The molecule has 1 aliphatic heterocycles. The zero-order valence-electron chi connectivity index (χ0n) is 19.9. The maximum Gasteiger partial charge on any atom is 0.286 e. The van der Waals surface area contributed by atoms with Gasteiger partial charge in [0.1, 0.15) is 5.58 Å². The van der Waals surface area contributed by atoms with Crippen LogP contribution in [0.4, 0.5) is 0 Å². The summed E-state index contributed by atoms with van der Waals surface area (Å²) < 4.78 is 33.8. The van der Waals surface area contributed by atoms with Gasteiger partial charge >= 0.3 is 0 Å². The molecule has 34 heavy (non-hydrogen) atoms. The van der Waals surface area contributed by atoms with Crippen molar-refractivity contribution in [3.8, 4) is 0 Å². The molecule has 2 aromatic rings. The normalized spacial score (nSPS) is 20.2. The largest absolute Gasteiger partial charge is 0.464 e. The van der Waals surface area contributed by atoms with E-state index in [0.29, 0.717) is 52.6 Å². The Bertz CT molecular complexity index is 911. The molecule has 9 heteroatoms. The molecule has 0 fully saturated rings. The molecule has 1 amide bonds. The zero-order chi connectivity index (χ0) is 24.2. The van der Waals surface area contributed by atoms with Crippen molar-refractivity contribution >= 4 is 16.9 Å². The first-order valence-electron chi connectivity index (χ1n) is 11.7. The molecule has 0 bridgehead atoms. The van der Waals surface area contributed by atoms with Crippen molar-refractivity contribution in [1.82, 2.24) is 5.32 Å². The van der Waals surface area contributed by atoms with Crippen LogP contribution in [-0.2, 0) is 28.5 Å². The lowest BCUT2D eigenvalue weighted by Crippen LogP contribution is -2.40. The Morgan fingerprint density at radius 3 is 2.68 bits per heavy atom. The summed E-state index contributed by atoms with van der Waals surface area (Å²) in [4.78, 5) is 12.8. The number of hydrogen-bond acceptors (Lipinski definition) is 8. The highest BCUT2D eigenvalue weighted by molar-refractivity contribution is 5.92. The minimum atomic E-state index is -0.619. The lowest BCUT2D eigenvalue weighted by atomic mass is 9.81. The van der Waals surface area contributed by atoms with Crippen LogP contribution < -0.4 is 5.32 Å². The van der Waals surface area contributed by atoms with Crippen molar-refractivity contribution in [2.45, 2.75) is 25.6 Å². The van der Waals surface area contributed by atoms with Crippen molar-refractivity contribution in [2.75, 3.05) is 59.9 Å². The molecule has 2 heterocycles. The van der Waals surface area contributed by atoms with Crippen LogP contribution in [0.1, 0.15) is 24.8 Å². The first kappa shape index (κ1) is 26.2. The van der Waals surface area contributed by atoms with Crippen LogP contribution in [0.2, 0.25) is 0 Å². The van der Waals surface area contributed by atoms with Crippen LogP contribution in [0.3, 0.4) is 0 Å². The SMILES string of the molecule is CCO[C@H]1OC(C(=O)NCCOC)=C[C@@H](c2coc3ccccc23)[C@@H]1CCOCCOCCO. The standard InChI is InChI=1S/C25H35NO8/c1-3-32-25-19(8-11-30-14-15-31-13-10-27)20(16-23(34-25)24(28)26-9-12-29-2)21-17-33-22-7-5-4-6-18(21)22/h4-7,16-17,19-20,25,27H,3,8-15H2,1-2H3,(H,26,28)/t19-,20+,25-/m0/s1. The summed E-state index contributed by atoms with van der Waals surface area (Å²) >= 11 is 0. The predicted octanol–water partition coefficient (Wildman–Crippen LogP) is 2.59. The van der Waals surface area contributed by atoms with Gasteiger partial charge in [-0.05, 0) is 25.5 Å². The van der Waals surface area contributed by atoms with Crippen LogP contribution in [0.5, 0.6) is 0 Å². The smallest absolute Gasteiger partial charge is 0.286 e. The number of nitrogens with one attached hydrogen (secondary N) is 1. The summed E-state index contributed by atoms with van der Waals surface area (Å²) in [7, 11) is 1.58. The summed E-state index contributed by atoms with van der Waals surface area (Å²) in [5.74, 6) is -0.365. The van der Waals surface area contributed by atoms with Gasteiger partial charge in [-0.1, -0.05) is 18.2 Å². The number of aliphatic hydroxyl groups is 1. The van der Waals surface area contributed by atoms with Crippen molar-refractivity contribution in [1.29, 1.82) is 0 Å². The summed E-state index contributed by atoms with van der Waals surface area (Å²) in [5, 5.41) is 12.6. The average Bonchev–Trinajstić information content (AvgIpc) is 3.28. The summed E-state index contributed by atoms with van der Waals surface area (Å²) in [5.41, 5.74) is 1.76. The number of fused-ring (bicyclic) bond motifs is 1. The second kappa shape index (κ2) is 14.1. The molecular formula is C25H35NO8. The van der Waals surface area contributed by atoms with Crippen molar-refractivity contribution in [2.24, 2.45) is 5.92 Å². The molecule has 1 aliphatic rings. The first-order chi connectivity index (χ1) is 16.7. The molecule has 2 N–H and O–H groups in total. The van der Waals surface area contributed by atoms with Crippen molar-refractivity contribution < 1.29 is 38.0 Å². The minimum absolute atomic E-state index is 0.0104. The Kier molecular flexibility index (Phi) is 10.8. The predicted molar refractivity (Wildman–Crippen MR) is 125 cm³/mol. The summed E-state index contributed by atoms with van der Waals surface area (Å²) in [6.07, 6.45) is 3.62. The molecule has 3 atom stereocenters. The number of amides is 1. The number of carbonyl (C=O) groups excluding carboxylic acids is 1. The number of furan rings is 1. The molecule has 1 aromatic carbocycles. The van der Waals surface area contributed by atoms with E-state index in [4.69, 9.17) is 33.2 Å². The highest BCUT2D eigenvalue weighted by atomic mass is 16.7. The van der Waals surface area contributed by atoms with E-state index in [1.54, 1.807) is 13.4 Å². The summed E-state index contributed by atoms with van der Waals surface area (Å²) in [6.45, 7) is 4.72. The first-order valence-corrected chi connectivity index (χ1v) is 11.7. The summed E-state index contributed by atoms with van der Waals surface area (Å²) in [6, 6.07) is 7.83. The molecule has 188 valence electrons. The average molecular weight is 478 g/mol. The van der Waals surface area contributed by atoms with Gasteiger partial charge in [0.15, 0.2) is 5.76 Å². The van der Waals surface area contributed by atoms with E-state index in [1.165, 1.54) is 0 Å². The van der Waals surface area contributed by atoms with Gasteiger partial charge in [0, 0.05) is 49.7 Å². The van der Waals surface area contributed by atoms with Gasteiger partial charge in [-0.2, -0.15) is 0 Å². The maximum absolute atomic E-state index is 12.8. The van der Waals surface area contributed by atoms with Gasteiger partial charge in [0.25, 0.3) is 5.91 Å². The number of hydrogen-bond donors (Lipinski definition) is 2. The van der Waals surface area contributed by atoms with E-state index in [1.807, 2.05) is 37.3 Å². The second-order valence-electron chi connectivity index (χ2n) is 7.84. The number of ether oxygens (including phenoxy) is 5. The molecule has 0 spiro atoms. The fourth-order valence-electron chi connectivity index (χ4n) is 4.01. The van der Waals surface area contributed by atoms with Gasteiger partial charge in [0.2, 0.25) is 6.29 Å². The quantitative estimate of drug-likeness (QED) is 0.377. The van der Waals surface area contributed by atoms with Crippen LogP contribution in [0.25, 0.3) is 11.0 Å². The van der Waals surface area contributed by atoms with E-state index >= 15 is 0 Å². The van der Waals surface area contributed by atoms with E-state index < -0.39 is 6.29 Å². The fraction of sp³-hybridized carbons (Fsp3) is 0.560. The lowest BCUT2D eigenvalue weighted by molar-refractivity contribution is -0.168. The van der Waals surface area contributed by atoms with E-state index in [2.05, 4.69) is 5.32 Å². The Morgan fingerprint density at radius 2 is 1.91 bits per heavy atom. The number of benzene rings is 1. The van der Waals surface area contributed by atoms with Gasteiger partial charge in [-0.15, -0.1) is 0 Å². The van der Waals surface area contributed by atoms with Gasteiger partial charge in [-0.25, -0.2) is 0 Å². The van der Waals surface area contributed by atoms with Crippen LogP contribution in [0, 0.1) is 5.92 Å². The van der Waals surface area contributed by atoms with Gasteiger partial charge in [0.05, 0.1) is 39.3 Å². The third kappa shape index (κ3) is 7.04. The Balaban J connectivity index is 1.82. The van der Waals surface area contributed by atoms with Crippen LogP contribution >= 0.6 is 0 Å². The van der Waals surface area contributed by atoms with E-state index in [-0.39, 0.29) is 30.1 Å². The molecule has 9 nitrogen and oxygen atoms in total. The monoisotopic (exact) mass is 477 g/mol. The van der Waals surface area contributed by atoms with E-state index in [9.17, 15) is 4.79 Å². The molecule has 0 radical (unpaired) electrons. The van der Waals surface area contributed by atoms with Gasteiger partial charge < -0.3 is 38.5 Å². The maximum atomic E-state index is 12.8. The number of methoxy groups -OCH3 is 1.